The van der Waals surface area contributed by atoms with Gasteiger partial charge in [-0.2, -0.15) is 5.10 Å². The number of aromatic hydroxyl groups is 1. The Labute approximate surface area is 221 Å². The van der Waals surface area contributed by atoms with Crippen molar-refractivity contribution in [1.82, 2.24) is 5.43 Å². The van der Waals surface area contributed by atoms with Gasteiger partial charge in [0.2, 0.25) is 5.91 Å². The molecule has 4 aliphatic carbocycles. The summed E-state index contributed by atoms with van der Waals surface area (Å²) in [6.07, 6.45) is 10.8. The van der Waals surface area contributed by atoms with Crippen molar-refractivity contribution in [2.24, 2.45) is 51.4 Å². The lowest BCUT2D eigenvalue weighted by atomic mass is 9.43. The molecule has 4 fully saturated rings. The zero-order valence-electron chi connectivity index (χ0n) is 22.8. The van der Waals surface area contributed by atoms with Crippen LogP contribution in [0.3, 0.4) is 0 Å². The Balaban J connectivity index is 1.19. The number of hydrazone groups is 1. The smallest absolute Gasteiger partial charge is 0.240 e. The highest BCUT2D eigenvalue weighted by molar-refractivity contribution is 5.84. The predicted molar refractivity (Wildman–Crippen MR) is 145 cm³/mol. The number of benzene rings is 1. The maximum atomic E-state index is 12.5. The molecule has 0 spiro atoms. The summed E-state index contributed by atoms with van der Waals surface area (Å²) >= 11 is 0. The normalized spacial score (nSPS) is 42.0. The van der Waals surface area contributed by atoms with Gasteiger partial charge in [0.15, 0.2) is 0 Å². The lowest BCUT2D eigenvalue weighted by molar-refractivity contribution is -0.174. The summed E-state index contributed by atoms with van der Waals surface area (Å²) in [7, 11) is 0. The summed E-state index contributed by atoms with van der Waals surface area (Å²) in [6.45, 7) is 7.25. The lowest BCUT2D eigenvalue weighted by Gasteiger charge is -2.62. The van der Waals surface area contributed by atoms with Gasteiger partial charge in [-0.25, -0.2) is 5.43 Å². The van der Waals surface area contributed by atoms with E-state index in [-0.39, 0.29) is 34.7 Å². The van der Waals surface area contributed by atoms with Crippen molar-refractivity contribution in [3.8, 4) is 5.75 Å². The van der Waals surface area contributed by atoms with Crippen molar-refractivity contribution >= 4 is 12.1 Å². The Morgan fingerprint density at radius 3 is 2.59 bits per heavy atom. The van der Waals surface area contributed by atoms with Gasteiger partial charge in [-0.05, 0) is 116 Å². The number of hydrogen-bond acceptors (Lipinski definition) is 5. The second-order valence-electron chi connectivity index (χ2n) is 13.3. The van der Waals surface area contributed by atoms with Crippen LogP contribution in [-0.2, 0) is 4.79 Å². The molecule has 4 aliphatic rings. The van der Waals surface area contributed by atoms with Gasteiger partial charge in [-0.3, -0.25) is 4.79 Å². The van der Waals surface area contributed by atoms with E-state index in [0.717, 1.165) is 32.1 Å². The third-order valence-corrected chi connectivity index (χ3v) is 11.6. The lowest BCUT2D eigenvalue weighted by Crippen LogP contribution is -2.58. The summed E-state index contributed by atoms with van der Waals surface area (Å²) < 4.78 is 0. The quantitative estimate of drug-likeness (QED) is 0.310. The van der Waals surface area contributed by atoms with Crippen molar-refractivity contribution < 1.29 is 20.1 Å². The number of aliphatic hydroxyl groups excluding tert-OH is 2. The van der Waals surface area contributed by atoms with Crippen LogP contribution in [0.1, 0.15) is 90.5 Å². The molecule has 37 heavy (non-hydrogen) atoms. The van der Waals surface area contributed by atoms with Crippen LogP contribution in [-0.4, -0.2) is 39.6 Å². The van der Waals surface area contributed by atoms with E-state index in [1.54, 1.807) is 18.2 Å². The molecule has 0 saturated heterocycles. The largest absolute Gasteiger partial charge is 0.507 e. The third kappa shape index (κ3) is 4.85. The van der Waals surface area contributed by atoms with E-state index in [9.17, 15) is 20.1 Å². The van der Waals surface area contributed by atoms with Gasteiger partial charge in [-0.15, -0.1) is 0 Å². The minimum absolute atomic E-state index is 0.0944. The van der Waals surface area contributed by atoms with Gasteiger partial charge in [0.25, 0.3) is 0 Å². The molecule has 10 atom stereocenters. The number of aliphatic hydroxyl groups is 2. The molecule has 6 heteroatoms. The summed E-state index contributed by atoms with van der Waals surface area (Å²) in [4.78, 5) is 12.5. The summed E-state index contributed by atoms with van der Waals surface area (Å²) in [6, 6.07) is 6.91. The topological polar surface area (TPSA) is 102 Å². The highest BCUT2D eigenvalue weighted by atomic mass is 16.3. The Hall–Kier alpha value is -1.92. The molecule has 0 heterocycles. The molecular weight excluding hydrogens is 464 g/mol. The maximum absolute atomic E-state index is 12.5. The summed E-state index contributed by atoms with van der Waals surface area (Å²) in [5.74, 6) is 2.99. The van der Waals surface area contributed by atoms with E-state index in [1.807, 2.05) is 6.07 Å². The minimum Gasteiger partial charge on any atom is -0.507 e. The molecule has 5 rings (SSSR count). The number of fused-ring (bicyclic) bond motifs is 5. The van der Waals surface area contributed by atoms with E-state index < -0.39 is 0 Å². The monoisotopic (exact) mass is 510 g/mol. The van der Waals surface area contributed by atoms with E-state index in [1.165, 1.54) is 31.9 Å². The fourth-order valence-electron chi connectivity index (χ4n) is 9.56. The molecule has 0 radical (unpaired) electrons. The fourth-order valence-corrected chi connectivity index (χ4v) is 9.56. The zero-order chi connectivity index (χ0) is 26.4. The SMILES string of the molecule is C[C@H](CCC(=O)N/N=C\c1ccccc1O)[C@@H]1CC[C@@H]2[C@H]3[C@H](O)C[C@H]4C[C@@H](O)CC[C@]4(C)[C@@H]3CC[C@@]21C. The second-order valence-corrected chi connectivity index (χ2v) is 13.3. The molecule has 0 aromatic heterocycles. The number of amides is 1. The van der Waals surface area contributed by atoms with Crippen molar-refractivity contribution in [2.75, 3.05) is 0 Å². The van der Waals surface area contributed by atoms with Crippen molar-refractivity contribution in [1.29, 1.82) is 0 Å². The van der Waals surface area contributed by atoms with Crippen LogP contribution in [0.25, 0.3) is 0 Å². The number of para-hydroxylation sites is 1. The Morgan fingerprint density at radius 2 is 1.81 bits per heavy atom. The number of rotatable bonds is 6. The number of carbonyl (C=O) groups excluding carboxylic acids is 1. The van der Waals surface area contributed by atoms with Crippen LogP contribution in [0.15, 0.2) is 29.4 Å². The Morgan fingerprint density at radius 1 is 1.08 bits per heavy atom. The van der Waals surface area contributed by atoms with E-state index in [0.29, 0.717) is 47.5 Å². The van der Waals surface area contributed by atoms with E-state index in [2.05, 4.69) is 31.3 Å². The molecule has 1 aromatic rings. The number of carbonyl (C=O) groups is 1. The molecular formula is C31H46N2O4. The average Bonchev–Trinajstić information content (AvgIpc) is 3.22. The standard InChI is InChI=1S/C31H46N2O4/c1-19(8-11-28(37)33-32-18-20-6-4-5-7-26(20)35)23-9-10-24-29-25(13-15-31(23,24)3)30(2)14-12-22(34)16-21(30)17-27(29)36/h4-7,18-19,21-25,27,29,34-36H,8-17H2,1-3H3,(H,33,37)/b32-18-/t19-,21-,22+,23+,24-,25-,27-,29-,30+,31-/m1/s1. The molecule has 1 amide bonds. The first kappa shape index (κ1) is 26.7. The highest BCUT2D eigenvalue weighted by Crippen LogP contribution is 2.68. The molecule has 0 aliphatic heterocycles. The van der Waals surface area contributed by atoms with Crippen LogP contribution < -0.4 is 5.43 Å². The van der Waals surface area contributed by atoms with Crippen molar-refractivity contribution in [3.63, 3.8) is 0 Å². The molecule has 1 aromatic carbocycles. The molecule has 4 saturated carbocycles. The fraction of sp³-hybridized carbons (Fsp3) is 0.742. The Kier molecular flexibility index (Phi) is 7.45. The van der Waals surface area contributed by atoms with Crippen molar-refractivity contribution in [2.45, 2.75) is 97.2 Å². The van der Waals surface area contributed by atoms with Crippen LogP contribution >= 0.6 is 0 Å². The van der Waals surface area contributed by atoms with Gasteiger partial charge in [0, 0.05) is 12.0 Å². The van der Waals surface area contributed by atoms with Crippen LogP contribution in [0, 0.1) is 46.3 Å². The predicted octanol–water partition coefficient (Wildman–Crippen LogP) is 5.25. The number of phenolic OH excluding ortho intramolecular Hbond substituents is 1. The summed E-state index contributed by atoms with van der Waals surface area (Å²) in [5.41, 5.74) is 3.66. The molecule has 0 unspecified atom stereocenters. The van der Waals surface area contributed by atoms with Crippen LogP contribution in [0.4, 0.5) is 0 Å². The van der Waals surface area contributed by atoms with Crippen LogP contribution in [0.2, 0.25) is 0 Å². The molecule has 6 nitrogen and oxygen atoms in total. The van der Waals surface area contributed by atoms with Crippen LogP contribution in [0.5, 0.6) is 5.75 Å². The first-order valence-electron chi connectivity index (χ1n) is 14.6. The highest BCUT2D eigenvalue weighted by Gasteiger charge is 2.62. The van der Waals surface area contributed by atoms with E-state index in [4.69, 9.17) is 0 Å². The van der Waals surface area contributed by atoms with Gasteiger partial charge in [0.05, 0.1) is 18.4 Å². The van der Waals surface area contributed by atoms with E-state index >= 15 is 0 Å². The number of nitrogens with one attached hydrogen (secondary N) is 1. The minimum atomic E-state index is -0.250. The number of nitrogens with zero attached hydrogens (tertiary/aromatic N) is 1. The summed E-state index contributed by atoms with van der Waals surface area (Å²) in [5, 5.41) is 35.6. The first-order valence-corrected chi connectivity index (χ1v) is 14.6. The molecule has 4 N–H and O–H groups in total. The molecule has 0 bridgehead atoms. The van der Waals surface area contributed by atoms with Gasteiger partial charge >= 0.3 is 0 Å². The zero-order valence-corrected chi connectivity index (χ0v) is 22.8. The number of hydrogen-bond donors (Lipinski definition) is 4. The Bertz CT molecular complexity index is 1010. The van der Waals surface area contributed by atoms with Crippen molar-refractivity contribution in [3.05, 3.63) is 29.8 Å². The third-order valence-electron chi connectivity index (χ3n) is 11.6. The van der Waals surface area contributed by atoms with Gasteiger partial charge < -0.3 is 15.3 Å². The molecule has 204 valence electrons. The average molecular weight is 511 g/mol. The maximum Gasteiger partial charge on any atom is 0.240 e. The van der Waals surface area contributed by atoms with Gasteiger partial charge in [-0.1, -0.05) is 32.9 Å². The second kappa shape index (κ2) is 10.3. The van der Waals surface area contributed by atoms with Gasteiger partial charge in [0.1, 0.15) is 5.75 Å². The first-order chi connectivity index (χ1) is 17.6. The number of phenols is 1.